The molecule has 1 atom stereocenters. The Hall–Kier alpha value is -2.11. The molecule has 3 rings (SSSR count). The molecule has 4 nitrogen and oxygen atoms in total. The number of rotatable bonds is 6. The zero-order valence-corrected chi connectivity index (χ0v) is 17.2. The van der Waals surface area contributed by atoms with Gasteiger partial charge in [-0.15, -0.1) is 0 Å². The van der Waals surface area contributed by atoms with E-state index >= 15 is 0 Å². The molecule has 0 saturated carbocycles. The van der Waals surface area contributed by atoms with Crippen LogP contribution in [-0.2, 0) is 0 Å². The van der Waals surface area contributed by atoms with Crippen LogP contribution in [0.1, 0.15) is 35.6 Å². The Balaban J connectivity index is 1.65. The molecule has 1 aliphatic rings. The summed E-state index contributed by atoms with van der Waals surface area (Å²) in [7, 11) is 1.70. The number of anilines is 1. The fraction of sp³-hybridized carbons (Fsp3) is 0.409. The zero-order valence-electron chi connectivity index (χ0n) is 16.4. The fourth-order valence-corrected chi connectivity index (χ4v) is 3.84. The fourth-order valence-electron chi connectivity index (χ4n) is 3.65. The summed E-state index contributed by atoms with van der Waals surface area (Å²) in [5.74, 6) is 0.888. The average Bonchev–Trinajstić information content (AvgIpc) is 3.19. The summed E-state index contributed by atoms with van der Waals surface area (Å²) in [6.45, 7) is 7.25. The minimum absolute atomic E-state index is 0.303. The van der Waals surface area contributed by atoms with Gasteiger partial charge < -0.3 is 15.4 Å². The zero-order chi connectivity index (χ0) is 19.2. The number of methoxy groups -OCH3 is 1. The highest BCUT2D eigenvalue weighted by molar-refractivity contribution is 7.80. The number of aryl methyl sites for hydroxylation is 2. The molecule has 0 bridgehead atoms. The van der Waals surface area contributed by atoms with Crippen LogP contribution in [0.25, 0.3) is 0 Å². The highest BCUT2D eigenvalue weighted by Gasteiger charge is 2.23. The van der Waals surface area contributed by atoms with Crippen molar-refractivity contribution in [3.05, 3.63) is 59.2 Å². The van der Waals surface area contributed by atoms with Gasteiger partial charge in [-0.1, -0.05) is 29.8 Å². The molecule has 0 radical (unpaired) electrons. The first-order valence-electron chi connectivity index (χ1n) is 9.57. The predicted octanol–water partition coefficient (Wildman–Crippen LogP) is 4.44. The van der Waals surface area contributed by atoms with Crippen LogP contribution in [0.5, 0.6) is 5.75 Å². The first-order chi connectivity index (χ1) is 13.1. The van der Waals surface area contributed by atoms with E-state index in [1.807, 2.05) is 12.1 Å². The van der Waals surface area contributed by atoms with Crippen molar-refractivity contribution < 1.29 is 4.74 Å². The van der Waals surface area contributed by atoms with Gasteiger partial charge in [0.05, 0.1) is 13.2 Å². The van der Waals surface area contributed by atoms with Crippen molar-refractivity contribution in [3.63, 3.8) is 0 Å². The Morgan fingerprint density at radius 3 is 2.44 bits per heavy atom. The summed E-state index contributed by atoms with van der Waals surface area (Å²) in [5, 5.41) is 7.43. The summed E-state index contributed by atoms with van der Waals surface area (Å²) in [5.41, 5.74) is 4.80. The van der Waals surface area contributed by atoms with Crippen LogP contribution in [-0.4, -0.2) is 36.8 Å². The van der Waals surface area contributed by atoms with Gasteiger partial charge in [0, 0.05) is 12.2 Å². The minimum atomic E-state index is 0.303. The number of ether oxygens (including phenoxy) is 1. The lowest BCUT2D eigenvalue weighted by atomic mass is 10.1. The van der Waals surface area contributed by atoms with Crippen LogP contribution in [0.4, 0.5) is 5.69 Å². The Morgan fingerprint density at radius 1 is 1.11 bits per heavy atom. The minimum Gasteiger partial charge on any atom is -0.497 e. The molecule has 2 aromatic rings. The highest BCUT2D eigenvalue weighted by atomic mass is 32.1. The predicted molar refractivity (Wildman–Crippen MR) is 117 cm³/mol. The van der Waals surface area contributed by atoms with Gasteiger partial charge in [-0.2, -0.15) is 0 Å². The Morgan fingerprint density at radius 2 is 1.81 bits per heavy atom. The van der Waals surface area contributed by atoms with Crippen molar-refractivity contribution in [1.82, 2.24) is 10.2 Å². The third-order valence-corrected chi connectivity index (χ3v) is 5.41. The van der Waals surface area contributed by atoms with Crippen molar-refractivity contribution in [1.29, 1.82) is 0 Å². The van der Waals surface area contributed by atoms with Gasteiger partial charge in [0.25, 0.3) is 0 Å². The molecule has 0 spiro atoms. The Bertz CT molecular complexity index is 770. The molecule has 2 N–H and O–H groups in total. The van der Waals surface area contributed by atoms with Gasteiger partial charge in [-0.3, -0.25) is 4.90 Å². The van der Waals surface area contributed by atoms with E-state index in [9.17, 15) is 0 Å². The van der Waals surface area contributed by atoms with Crippen LogP contribution in [0.3, 0.4) is 0 Å². The van der Waals surface area contributed by atoms with E-state index in [-0.39, 0.29) is 0 Å². The standard InChI is InChI=1S/C22H29N3OS/c1-16-6-11-20(17(2)14-16)24-22(27)23-15-21(25-12-4-5-13-25)18-7-9-19(26-3)10-8-18/h6-11,14,21H,4-5,12-13,15H2,1-3H3,(H2,23,24,27). The van der Waals surface area contributed by atoms with Crippen molar-refractivity contribution in [2.75, 3.05) is 32.1 Å². The monoisotopic (exact) mass is 383 g/mol. The van der Waals surface area contributed by atoms with E-state index < -0.39 is 0 Å². The molecule has 5 heteroatoms. The topological polar surface area (TPSA) is 36.5 Å². The lowest BCUT2D eigenvalue weighted by Crippen LogP contribution is -2.38. The quantitative estimate of drug-likeness (QED) is 0.722. The number of nitrogens with zero attached hydrogens (tertiary/aromatic N) is 1. The Kier molecular flexibility index (Phi) is 6.69. The van der Waals surface area contributed by atoms with E-state index in [0.717, 1.165) is 31.1 Å². The molecule has 1 heterocycles. The van der Waals surface area contributed by atoms with Gasteiger partial charge in [-0.25, -0.2) is 0 Å². The first-order valence-corrected chi connectivity index (χ1v) is 9.98. The van der Waals surface area contributed by atoms with Crippen LogP contribution >= 0.6 is 12.2 Å². The average molecular weight is 384 g/mol. The maximum atomic E-state index is 5.55. The van der Waals surface area contributed by atoms with Gasteiger partial charge >= 0.3 is 0 Å². The second-order valence-corrected chi connectivity index (χ2v) is 7.59. The lowest BCUT2D eigenvalue weighted by Gasteiger charge is -2.29. The Labute approximate surface area is 167 Å². The van der Waals surface area contributed by atoms with Gasteiger partial charge in [0.15, 0.2) is 5.11 Å². The molecule has 1 fully saturated rings. The number of likely N-dealkylation sites (tertiary alicyclic amines) is 1. The molecule has 1 saturated heterocycles. The highest BCUT2D eigenvalue weighted by Crippen LogP contribution is 2.26. The molecule has 2 aromatic carbocycles. The van der Waals surface area contributed by atoms with Crippen molar-refractivity contribution in [2.24, 2.45) is 0 Å². The number of hydrogen-bond donors (Lipinski definition) is 2. The van der Waals surface area contributed by atoms with Crippen molar-refractivity contribution in [2.45, 2.75) is 32.7 Å². The molecule has 0 amide bonds. The second-order valence-electron chi connectivity index (χ2n) is 7.19. The maximum absolute atomic E-state index is 5.55. The number of benzene rings is 2. The van der Waals surface area contributed by atoms with E-state index in [0.29, 0.717) is 11.2 Å². The molecular formula is C22H29N3OS. The van der Waals surface area contributed by atoms with Crippen LogP contribution < -0.4 is 15.4 Å². The molecule has 1 aliphatic heterocycles. The van der Waals surface area contributed by atoms with Gasteiger partial charge in [-0.05, 0) is 81.3 Å². The van der Waals surface area contributed by atoms with Crippen molar-refractivity contribution in [3.8, 4) is 5.75 Å². The number of hydrogen-bond acceptors (Lipinski definition) is 3. The summed E-state index contributed by atoms with van der Waals surface area (Å²) in [4.78, 5) is 2.54. The summed E-state index contributed by atoms with van der Waals surface area (Å²) >= 11 is 5.55. The smallest absolute Gasteiger partial charge is 0.170 e. The second kappa shape index (κ2) is 9.20. The number of nitrogens with one attached hydrogen (secondary N) is 2. The first kappa shape index (κ1) is 19.6. The van der Waals surface area contributed by atoms with Gasteiger partial charge in [0.1, 0.15) is 5.75 Å². The van der Waals surface area contributed by atoms with E-state index in [1.54, 1.807) is 7.11 Å². The SMILES string of the molecule is COc1ccc(C(CNC(=S)Nc2ccc(C)cc2C)N2CCCC2)cc1. The van der Waals surface area contributed by atoms with Gasteiger partial charge in [0.2, 0.25) is 0 Å². The van der Waals surface area contributed by atoms with Crippen LogP contribution in [0.2, 0.25) is 0 Å². The van der Waals surface area contributed by atoms with Crippen molar-refractivity contribution >= 4 is 23.0 Å². The normalized spacial score (nSPS) is 15.4. The molecule has 0 aliphatic carbocycles. The summed E-state index contributed by atoms with van der Waals surface area (Å²) < 4.78 is 5.30. The largest absolute Gasteiger partial charge is 0.497 e. The summed E-state index contributed by atoms with van der Waals surface area (Å²) in [6.07, 6.45) is 2.52. The molecule has 0 aromatic heterocycles. The molecular weight excluding hydrogens is 354 g/mol. The summed E-state index contributed by atoms with van der Waals surface area (Å²) in [6, 6.07) is 15.0. The molecule has 144 valence electrons. The van der Waals surface area contributed by atoms with Crippen LogP contribution in [0, 0.1) is 13.8 Å². The van der Waals surface area contributed by atoms with E-state index in [1.165, 1.54) is 29.5 Å². The number of thiocarbonyl (C=S) groups is 1. The lowest BCUT2D eigenvalue weighted by molar-refractivity contribution is 0.246. The maximum Gasteiger partial charge on any atom is 0.170 e. The molecule has 27 heavy (non-hydrogen) atoms. The third-order valence-electron chi connectivity index (χ3n) is 5.17. The third kappa shape index (κ3) is 5.21. The van der Waals surface area contributed by atoms with Crippen LogP contribution in [0.15, 0.2) is 42.5 Å². The van der Waals surface area contributed by atoms with E-state index in [4.69, 9.17) is 17.0 Å². The molecule has 1 unspecified atom stereocenters. The van der Waals surface area contributed by atoms with E-state index in [2.05, 4.69) is 59.7 Å².